The van der Waals surface area contributed by atoms with E-state index in [0.29, 0.717) is 0 Å². The Morgan fingerprint density at radius 1 is 1.24 bits per heavy atom. The van der Waals surface area contributed by atoms with Crippen LogP contribution in [-0.4, -0.2) is 12.7 Å². The van der Waals surface area contributed by atoms with Crippen LogP contribution in [0.5, 0.6) is 0 Å². The Hall–Kier alpha value is -0.930. The Morgan fingerprint density at radius 2 is 1.88 bits per heavy atom. The van der Waals surface area contributed by atoms with E-state index in [0.717, 1.165) is 18.6 Å². The van der Waals surface area contributed by atoms with Gasteiger partial charge in [0.25, 0.3) is 0 Å². The molecule has 2 atom stereocenters. The molecule has 0 fully saturated rings. The minimum absolute atomic E-state index is 0.0442. The average Bonchev–Trinajstić information content (AvgIpc) is 2.34. The Bertz CT molecular complexity index is 313. The first-order valence-electron chi connectivity index (χ1n) is 6.27. The second-order valence-electron chi connectivity index (χ2n) is 4.36. The van der Waals surface area contributed by atoms with Gasteiger partial charge in [-0.2, -0.15) is 0 Å². The summed E-state index contributed by atoms with van der Waals surface area (Å²) in [5, 5.41) is 0. The molecule has 0 spiro atoms. The standard InChI is InChI=1S/C14H22FNO/c1-3-4-5-10-17-11(2)14(16)12-6-8-13(15)9-7-12/h6-9,11,14H,3-5,10,16H2,1-2H3. The summed E-state index contributed by atoms with van der Waals surface area (Å²) in [5.41, 5.74) is 6.97. The smallest absolute Gasteiger partial charge is 0.123 e. The SMILES string of the molecule is CCCCCOC(C)C(N)c1ccc(F)cc1. The van der Waals surface area contributed by atoms with Crippen LogP contribution in [0.25, 0.3) is 0 Å². The molecule has 3 heteroatoms. The second kappa shape index (κ2) is 7.41. The summed E-state index contributed by atoms with van der Waals surface area (Å²) >= 11 is 0. The third-order valence-corrected chi connectivity index (χ3v) is 2.89. The molecule has 0 radical (unpaired) electrons. The van der Waals surface area contributed by atoms with Gasteiger partial charge in [-0.3, -0.25) is 0 Å². The maximum atomic E-state index is 12.8. The number of benzene rings is 1. The maximum absolute atomic E-state index is 12.8. The highest BCUT2D eigenvalue weighted by molar-refractivity contribution is 5.20. The number of halogens is 1. The summed E-state index contributed by atoms with van der Waals surface area (Å²) in [7, 11) is 0. The topological polar surface area (TPSA) is 35.2 Å². The Kier molecular flexibility index (Phi) is 6.16. The number of rotatable bonds is 7. The Labute approximate surface area is 103 Å². The zero-order chi connectivity index (χ0) is 12.7. The molecule has 0 aliphatic carbocycles. The van der Waals surface area contributed by atoms with Crippen LogP contribution >= 0.6 is 0 Å². The van der Waals surface area contributed by atoms with Crippen molar-refractivity contribution in [1.29, 1.82) is 0 Å². The van der Waals surface area contributed by atoms with E-state index >= 15 is 0 Å². The van der Waals surface area contributed by atoms with E-state index in [1.165, 1.54) is 25.0 Å². The zero-order valence-electron chi connectivity index (χ0n) is 10.7. The van der Waals surface area contributed by atoms with E-state index < -0.39 is 0 Å². The molecule has 0 aliphatic rings. The van der Waals surface area contributed by atoms with Crippen LogP contribution in [0.1, 0.15) is 44.7 Å². The monoisotopic (exact) mass is 239 g/mol. The number of unbranched alkanes of at least 4 members (excludes halogenated alkanes) is 2. The third-order valence-electron chi connectivity index (χ3n) is 2.89. The molecule has 1 rings (SSSR count). The fourth-order valence-corrected chi connectivity index (χ4v) is 1.68. The predicted molar refractivity (Wildman–Crippen MR) is 68.3 cm³/mol. The molecule has 0 saturated heterocycles. The molecule has 0 heterocycles. The van der Waals surface area contributed by atoms with Crippen molar-refractivity contribution in [2.75, 3.05) is 6.61 Å². The van der Waals surface area contributed by atoms with Gasteiger partial charge in [-0.25, -0.2) is 4.39 Å². The van der Waals surface area contributed by atoms with Crippen molar-refractivity contribution in [2.45, 2.75) is 45.3 Å². The fraction of sp³-hybridized carbons (Fsp3) is 0.571. The minimum atomic E-state index is -0.238. The lowest BCUT2D eigenvalue weighted by molar-refractivity contribution is 0.0456. The molecule has 96 valence electrons. The van der Waals surface area contributed by atoms with Gasteiger partial charge < -0.3 is 10.5 Å². The number of nitrogens with two attached hydrogens (primary N) is 1. The number of hydrogen-bond acceptors (Lipinski definition) is 2. The largest absolute Gasteiger partial charge is 0.377 e. The quantitative estimate of drug-likeness (QED) is 0.740. The first kappa shape index (κ1) is 14.1. The van der Waals surface area contributed by atoms with Gasteiger partial charge in [0, 0.05) is 6.61 Å². The lowest BCUT2D eigenvalue weighted by Crippen LogP contribution is -2.26. The normalized spacial score (nSPS) is 14.6. The van der Waals surface area contributed by atoms with Crippen LogP contribution in [0, 0.1) is 5.82 Å². The summed E-state index contributed by atoms with van der Waals surface area (Å²) < 4.78 is 18.4. The summed E-state index contributed by atoms with van der Waals surface area (Å²) in [6, 6.07) is 6.09. The third kappa shape index (κ3) is 4.84. The van der Waals surface area contributed by atoms with E-state index in [9.17, 15) is 4.39 Å². The first-order chi connectivity index (χ1) is 8.15. The van der Waals surface area contributed by atoms with Crippen LogP contribution in [0.3, 0.4) is 0 Å². The van der Waals surface area contributed by atoms with Gasteiger partial charge in [-0.15, -0.1) is 0 Å². The van der Waals surface area contributed by atoms with Crippen molar-refractivity contribution in [3.8, 4) is 0 Å². The van der Waals surface area contributed by atoms with Crippen molar-refractivity contribution in [2.24, 2.45) is 5.73 Å². The van der Waals surface area contributed by atoms with Crippen molar-refractivity contribution in [3.05, 3.63) is 35.6 Å². The Morgan fingerprint density at radius 3 is 2.47 bits per heavy atom. The fourth-order valence-electron chi connectivity index (χ4n) is 1.68. The van der Waals surface area contributed by atoms with Crippen LogP contribution in [0.2, 0.25) is 0 Å². The highest BCUT2D eigenvalue weighted by atomic mass is 19.1. The summed E-state index contributed by atoms with van der Waals surface area (Å²) in [5.74, 6) is -0.238. The first-order valence-corrected chi connectivity index (χ1v) is 6.27. The maximum Gasteiger partial charge on any atom is 0.123 e. The molecular formula is C14H22FNO. The lowest BCUT2D eigenvalue weighted by atomic mass is 10.0. The molecule has 0 aliphatic heterocycles. The minimum Gasteiger partial charge on any atom is -0.377 e. The second-order valence-corrected chi connectivity index (χ2v) is 4.36. The van der Waals surface area contributed by atoms with Gasteiger partial charge in [0.2, 0.25) is 0 Å². The van der Waals surface area contributed by atoms with E-state index in [-0.39, 0.29) is 18.0 Å². The molecule has 0 amide bonds. The average molecular weight is 239 g/mol. The molecule has 2 nitrogen and oxygen atoms in total. The molecule has 0 aromatic heterocycles. The van der Waals surface area contributed by atoms with Crippen molar-refractivity contribution >= 4 is 0 Å². The van der Waals surface area contributed by atoms with Crippen molar-refractivity contribution in [3.63, 3.8) is 0 Å². The van der Waals surface area contributed by atoms with E-state index in [4.69, 9.17) is 10.5 Å². The highest BCUT2D eigenvalue weighted by Gasteiger charge is 2.15. The molecule has 2 unspecified atom stereocenters. The van der Waals surface area contributed by atoms with Gasteiger partial charge in [0.15, 0.2) is 0 Å². The highest BCUT2D eigenvalue weighted by Crippen LogP contribution is 2.17. The van der Waals surface area contributed by atoms with Gasteiger partial charge >= 0.3 is 0 Å². The van der Waals surface area contributed by atoms with Crippen molar-refractivity contribution in [1.82, 2.24) is 0 Å². The number of ether oxygens (including phenoxy) is 1. The molecular weight excluding hydrogens is 217 g/mol. The van der Waals surface area contributed by atoms with Gasteiger partial charge in [0.1, 0.15) is 5.82 Å². The molecule has 2 N–H and O–H groups in total. The summed E-state index contributed by atoms with van der Waals surface area (Å²) in [6.07, 6.45) is 3.38. The predicted octanol–water partition coefficient (Wildman–Crippen LogP) is 3.42. The van der Waals surface area contributed by atoms with Gasteiger partial charge in [-0.05, 0) is 31.0 Å². The van der Waals surface area contributed by atoms with E-state index in [2.05, 4.69) is 6.92 Å². The summed E-state index contributed by atoms with van der Waals surface area (Å²) in [6.45, 7) is 4.86. The zero-order valence-corrected chi connectivity index (χ0v) is 10.7. The van der Waals surface area contributed by atoms with Crippen LogP contribution in [0.4, 0.5) is 4.39 Å². The lowest BCUT2D eigenvalue weighted by Gasteiger charge is -2.20. The number of hydrogen-bond donors (Lipinski definition) is 1. The summed E-state index contributed by atoms with van der Waals surface area (Å²) in [4.78, 5) is 0. The molecule has 1 aromatic carbocycles. The van der Waals surface area contributed by atoms with Gasteiger partial charge in [-0.1, -0.05) is 31.9 Å². The van der Waals surface area contributed by atoms with Crippen molar-refractivity contribution < 1.29 is 9.13 Å². The molecule has 1 aromatic rings. The molecule has 0 bridgehead atoms. The van der Waals surface area contributed by atoms with Crippen LogP contribution < -0.4 is 5.73 Å². The molecule has 17 heavy (non-hydrogen) atoms. The van der Waals surface area contributed by atoms with Crippen LogP contribution in [0.15, 0.2) is 24.3 Å². The van der Waals surface area contributed by atoms with E-state index in [1.807, 2.05) is 6.92 Å². The van der Waals surface area contributed by atoms with E-state index in [1.54, 1.807) is 12.1 Å². The van der Waals surface area contributed by atoms with Gasteiger partial charge in [0.05, 0.1) is 12.1 Å². The van der Waals surface area contributed by atoms with Crippen LogP contribution in [-0.2, 0) is 4.74 Å². The molecule has 0 saturated carbocycles. The Balaban J connectivity index is 2.40.